The van der Waals surface area contributed by atoms with E-state index in [9.17, 15) is 9.18 Å². The fourth-order valence-corrected chi connectivity index (χ4v) is 1.17. The van der Waals surface area contributed by atoms with Crippen LogP contribution in [0.2, 0.25) is 0 Å². The minimum atomic E-state index is -0.449. The molecule has 0 bridgehead atoms. The Bertz CT molecular complexity index is 390. The molecular formula is C11H13FN2O. The van der Waals surface area contributed by atoms with Crippen LogP contribution in [0.25, 0.3) is 0 Å². The lowest BCUT2D eigenvalue weighted by Crippen LogP contribution is -2.26. The number of carbonyl (C=O) groups is 1. The summed E-state index contributed by atoms with van der Waals surface area (Å²) in [6.07, 6.45) is 0. The Morgan fingerprint density at radius 2 is 2.27 bits per heavy atom. The van der Waals surface area contributed by atoms with Crippen LogP contribution < -0.4 is 0 Å². The zero-order chi connectivity index (χ0) is 11.4. The zero-order valence-corrected chi connectivity index (χ0v) is 8.83. The summed E-state index contributed by atoms with van der Waals surface area (Å²) in [5.41, 5.74) is 0.649. The van der Waals surface area contributed by atoms with Crippen molar-refractivity contribution in [3.63, 3.8) is 0 Å². The maximum Gasteiger partial charge on any atom is 0.255 e. The van der Waals surface area contributed by atoms with E-state index in [1.54, 1.807) is 7.05 Å². The maximum absolute atomic E-state index is 13.0. The molecule has 0 saturated carbocycles. The molecule has 80 valence electrons. The second-order valence-corrected chi connectivity index (χ2v) is 3.14. The summed E-state index contributed by atoms with van der Waals surface area (Å²) in [7, 11) is 1.65. The van der Waals surface area contributed by atoms with Gasteiger partial charge in [-0.3, -0.25) is 9.79 Å². The molecule has 0 aliphatic carbocycles. The molecule has 0 saturated heterocycles. The van der Waals surface area contributed by atoms with Gasteiger partial charge in [0.1, 0.15) is 5.82 Å². The molecule has 1 aromatic rings. The molecule has 1 rings (SSSR count). The number of benzene rings is 1. The second kappa shape index (κ2) is 4.68. The summed E-state index contributed by atoms with van der Waals surface area (Å²) >= 11 is 0. The summed E-state index contributed by atoms with van der Waals surface area (Å²) in [6, 6.07) is 3.88. The van der Waals surface area contributed by atoms with Gasteiger partial charge in [0.15, 0.2) is 0 Å². The highest BCUT2D eigenvalue weighted by molar-refractivity contribution is 5.99. The first-order valence-electron chi connectivity index (χ1n) is 4.62. The van der Waals surface area contributed by atoms with Gasteiger partial charge in [-0.2, -0.15) is 0 Å². The van der Waals surface area contributed by atoms with E-state index in [4.69, 9.17) is 0 Å². The molecule has 0 aromatic heterocycles. The van der Waals surface area contributed by atoms with Crippen LogP contribution >= 0.6 is 0 Å². The van der Waals surface area contributed by atoms with Crippen molar-refractivity contribution in [2.45, 2.75) is 6.92 Å². The molecule has 0 unspecified atom stereocenters. The summed E-state index contributed by atoms with van der Waals surface area (Å²) < 4.78 is 13.0. The van der Waals surface area contributed by atoms with E-state index < -0.39 is 5.82 Å². The first-order chi connectivity index (χ1) is 7.10. The quantitative estimate of drug-likeness (QED) is 0.701. The molecule has 0 atom stereocenters. The van der Waals surface area contributed by atoms with Gasteiger partial charge < -0.3 is 4.90 Å². The number of hydrogen-bond acceptors (Lipinski definition) is 2. The van der Waals surface area contributed by atoms with E-state index in [-0.39, 0.29) is 11.5 Å². The van der Waals surface area contributed by atoms with Gasteiger partial charge in [0.05, 0.1) is 11.3 Å². The monoisotopic (exact) mass is 208 g/mol. The molecule has 0 heterocycles. The number of aliphatic imine (C=N–C) groups is 1. The lowest BCUT2D eigenvalue weighted by molar-refractivity contribution is 0.0803. The normalized spacial score (nSPS) is 9.80. The Morgan fingerprint density at radius 3 is 2.80 bits per heavy atom. The molecule has 3 nitrogen and oxygen atoms in total. The van der Waals surface area contributed by atoms with Gasteiger partial charge in [-0.25, -0.2) is 4.39 Å². The molecular weight excluding hydrogens is 195 g/mol. The number of amides is 1. The summed E-state index contributed by atoms with van der Waals surface area (Å²) in [6.45, 7) is 5.75. The third kappa shape index (κ3) is 2.40. The summed E-state index contributed by atoms with van der Waals surface area (Å²) in [5, 5.41) is 0. The third-order valence-electron chi connectivity index (χ3n) is 2.18. The molecule has 0 N–H and O–H groups in total. The smallest absolute Gasteiger partial charge is 0.255 e. The molecule has 0 aliphatic heterocycles. The number of rotatable bonds is 3. The Labute approximate surface area is 88.2 Å². The molecule has 0 aliphatic rings. The van der Waals surface area contributed by atoms with Crippen molar-refractivity contribution in [1.82, 2.24) is 4.90 Å². The molecule has 1 amide bonds. The van der Waals surface area contributed by atoms with E-state index in [0.29, 0.717) is 12.2 Å². The average Bonchev–Trinajstić information content (AvgIpc) is 2.27. The maximum atomic E-state index is 13.0. The van der Waals surface area contributed by atoms with Crippen molar-refractivity contribution in [2.24, 2.45) is 4.99 Å². The topological polar surface area (TPSA) is 32.7 Å². The SMILES string of the molecule is C=Nc1ccc(F)cc1C(=O)N(C)CC. The molecule has 0 fully saturated rings. The largest absolute Gasteiger partial charge is 0.342 e. The van der Waals surface area contributed by atoms with E-state index in [1.165, 1.54) is 23.1 Å². The Kier molecular flexibility index (Phi) is 3.55. The van der Waals surface area contributed by atoms with Crippen LogP contribution in [0.3, 0.4) is 0 Å². The van der Waals surface area contributed by atoms with Crippen LogP contribution in [0.5, 0.6) is 0 Å². The van der Waals surface area contributed by atoms with E-state index >= 15 is 0 Å². The van der Waals surface area contributed by atoms with Crippen LogP contribution in [0.1, 0.15) is 17.3 Å². The Balaban J connectivity index is 3.16. The minimum Gasteiger partial charge on any atom is -0.342 e. The first kappa shape index (κ1) is 11.4. The van der Waals surface area contributed by atoms with E-state index in [0.717, 1.165) is 0 Å². The predicted molar refractivity (Wildman–Crippen MR) is 58.2 cm³/mol. The Hall–Kier alpha value is -1.71. The van der Waals surface area contributed by atoms with E-state index in [1.807, 2.05) is 6.92 Å². The number of carbonyl (C=O) groups excluding carboxylic acids is 1. The van der Waals surface area contributed by atoms with Crippen molar-refractivity contribution in [3.05, 3.63) is 29.6 Å². The van der Waals surface area contributed by atoms with Crippen LogP contribution in [-0.2, 0) is 0 Å². The average molecular weight is 208 g/mol. The highest BCUT2D eigenvalue weighted by atomic mass is 19.1. The van der Waals surface area contributed by atoms with Crippen molar-refractivity contribution in [3.8, 4) is 0 Å². The molecule has 15 heavy (non-hydrogen) atoms. The minimum absolute atomic E-state index is 0.245. The summed E-state index contributed by atoms with van der Waals surface area (Å²) in [5.74, 6) is -0.699. The van der Waals surface area contributed by atoms with Gasteiger partial charge >= 0.3 is 0 Å². The van der Waals surface area contributed by atoms with Gasteiger partial charge in [-0.05, 0) is 31.8 Å². The fourth-order valence-electron chi connectivity index (χ4n) is 1.17. The lowest BCUT2D eigenvalue weighted by Gasteiger charge is -2.15. The van der Waals surface area contributed by atoms with Crippen molar-refractivity contribution in [2.75, 3.05) is 13.6 Å². The van der Waals surface area contributed by atoms with Crippen molar-refractivity contribution >= 4 is 18.3 Å². The van der Waals surface area contributed by atoms with Gasteiger partial charge in [0.25, 0.3) is 5.91 Å². The molecule has 0 radical (unpaired) electrons. The zero-order valence-electron chi connectivity index (χ0n) is 8.83. The fraction of sp³-hybridized carbons (Fsp3) is 0.273. The molecule has 0 spiro atoms. The predicted octanol–water partition coefficient (Wildman–Crippen LogP) is 2.25. The van der Waals surface area contributed by atoms with E-state index in [2.05, 4.69) is 11.7 Å². The first-order valence-corrected chi connectivity index (χ1v) is 4.62. The molecule has 1 aromatic carbocycles. The lowest BCUT2D eigenvalue weighted by atomic mass is 10.1. The highest BCUT2D eigenvalue weighted by Gasteiger charge is 2.14. The second-order valence-electron chi connectivity index (χ2n) is 3.14. The molecule has 4 heteroatoms. The van der Waals surface area contributed by atoms with Gasteiger partial charge in [-0.15, -0.1) is 0 Å². The highest BCUT2D eigenvalue weighted by Crippen LogP contribution is 2.20. The standard InChI is InChI=1S/C11H13FN2O/c1-4-14(3)11(15)9-7-8(12)5-6-10(9)13-2/h5-7H,2,4H2,1,3H3. The van der Waals surface area contributed by atoms with Gasteiger partial charge in [0.2, 0.25) is 0 Å². The van der Waals surface area contributed by atoms with Crippen molar-refractivity contribution in [1.29, 1.82) is 0 Å². The number of nitrogens with zero attached hydrogens (tertiary/aromatic N) is 2. The number of halogens is 1. The third-order valence-corrected chi connectivity index (χ3v) is 2.18. The van der Waals surface area contributed by atoms with Crippen LogP contribution in [0, 0.1) is 5.82 Å². The van der Waals surface area contributed by atoms with Crippen molar-refractivity contribution < 1.29 is 9.18 Å². The van der Waals surface area contributed by atoms with Crippen LogP contribution in [0.4, 0.5) is 10.1 Å². The summed E-state index contributed by atoms with van der Waals surface area (Å²) in [4.78, 5) is 17.0. The van der Waals surface area contributed by atoms with Crippen LogP contribution in [-0.4, -0.2) is 31.1 Å². The Morgan fingerprint density at radius 1 is 1.60 bits per heavy atom. The van der Waals surface area contributed by atoms with Gasteiger partial charge in [-0.1, -0.05) is 0 Å². The van der Waals surface area contributed by atoms with Crippen LogP contribution in [0.15, 0.2) is 23.2 Å². The van der Waals surface area contributed by atoms with Gasteiger partial charge in [0, 0.05) is 13.6 Å². The number of hydrogen-bond donors (Lipinski definition) is 0.